The highest BCUT2D eigenvalue weighted by molar-refractivity contribution is 5.01. The van der Waals surface area contributed by atoms with Crippen LogP contribution in [0.5, 0.6) is 0 Å². The van der Waals surface area contributed by atoms with E-state index in [4.69, 9.17) is 10.5 Å². The molecule has 1 fully saturated rings. The lowest BCUT2D eigenvalue weighted by Crippen LogP contribution is -2.35. The molecule has 1 aliphatic carbocycles. The highest BCUT2D eigenvalue weighted by Crippen LogP contribution is 2.49. The lowest BCUT2D eigenvalue weighted by Gasteiger charge is -2.43. The van der Waals surface area contributed by atoms with E-state index < -0.39 is 0 Å². The highest BCUT2D eigenvalue weighted by atomic mass is 14.5. The van der Waals surface area contributed by atoms with Crippen molar-refractivity contribution in [3.63, 3.8) is 0 Å². The van der Waals surface area contributed by atoms with Crippen LogP contribution in [0.4, 0.5) is 0 Å². The summed E-state index contributed by atoms with van der Waals surface area (Å²) in [5.74, 6) is 0.136. The number of hydrogen-bond donors (Lipinski definition) is 0. The van der Waals surface area contributed by atoms with E-state index in [9.17, 15) is 0 Å². The Morgan fingerprint density at radius 1 is 1.21 bits per heavy atom. The van der Waals surface area contributed by atoms with E-state index >= 15 is 0 Å². The Bertz CT molecular complexity index is 292. The minimum atomic E-state index is 0.0525. The maximum atomic E-state index is 8.99. The van der Waals surface area contributed by atoms with Crippen molar-refractivity contribution in [3.8, 4) is 12.1 Å². The first-order chi connectivity index (χ1) is 6.41. The molecule has 0 heterocycles. The van der Waals surface area contributed by atoms with E-state index in [-0.39, 0.29) is 16.7 Å². The van der Waals surface area contributed by atoms with Crippen LogP contribution >= 0.6 is 0 Å². The Hall–Kier alpha value is -1.02. The van der Waals surface area contributed by atoms with Crippen LogP contribution in [-0.4, -0.2) is 0 Å². The molecule has 0 aromatic heterocycles. The van der Waals surface area contributed by atoms with E-state index in [0.717, 1.165) is 19.3 Å². The fourth-order valence-electron chi connectivity index (χ4n) is 3.05. The Kier molecular flexibility index (Phi) is 2.86. The zero-order chi connectivity index (χ0) is 10.8. The number of nitrogens with zero attached hydrogens (tertiary/aromatic N) is 2. The third-order valence-electron chi connectivity index (χ3n) is 3.13. The molecule has 0 bridgehead atoms. The molecule has 2 atom stereocenters. The molecule has 1 aliphatic rings. The SMILES string of the molecule is CC1(C)CC(C#N)CC(C)(CC#N)C1. The summed E-state index contributed by atoms with van der Waals surface area (Å²) in [5, 5.41) is 17.8. The fraction of sp³-hybridized carbons (Fsp3) is 0.833. The van der Waals surface area contributed by atoms with Crippen LogP contribution in [0.1, 0.15) is 46.5 Å². The normalized spacial score (nSPS) is 35.6. The Balaban J connectivity index is 2.82. The zero-order valence-corrected chi connectivity index (χ0v) is 9.30. The van der Waals surface area contributed by atoms with E-state index in [1.165, 1.54) is 0 Å². The standard InChI is InChI=1S/C12H18N2/c1-11(2)6-10(8-14)7-12(3,9-11)4-5-13/h10H,4,6-7,9H2,1-3H3. The molecule has 1 rings (SSSR count). The van der Waals surface area contributed by atoms with Crippen LogP contribution in [0, 0.1) is 39.4 Å². The van der Waals surface area contributed by atoms with Crippen molar-refractivity contribution in [1.29, 1.82) is 10.5 Å². The minimum absolute atomic E-state index is 0.0525. The highest BCUT2D eigenvalue weighted by Gasteiger charge is 2.41. The fourth-order valence-corrected chi connectivity index (χ4v) is 3.05. The summed E-state index contributed by atoms with van der Waals surface area (Å²) < 4.78 is 0. The summed E-state index contributed by atoms with van der Waals surface area (Å²) in [6.07, 6.45) is 3.51. The molecule has 0 aromatic carbocycles. The first kappa shape index (κ1) is 11.1. The predicted molar refractivity (Wildman–Crippen MR) is 55.1 cm³/mol. The van der Waals surface area contributed by atoms with Crippen molar-refractivity contribution in [1.82, 2.24) is 0 Å². The Morgan fingerprint density at radius 2 is 1.86 bits per heavy atom. The zero-order valence-electron chi connectivity index (χ0n) is 9.30. The second kappa shape index (κ2) is 3.62. The maximum Gasteiger partial charge on any atom is 0.0656 e. The molecular weight excluding hydrogens is 172 g/mol. The summed E-state index contributed by atoms with van der Waals surface area (Å²) in [6, 6.07) is 4.61. The molecule has 14 heavy (non-hydrogen) atoms. The third-order valence-corrected chi connectivity index (χ3v) is 3.13. The van der Waals surface area contributed by atoms with Gasteiger partial charge in [0.15, 0.2) is 0 Å². The van der Waals surface area contributed by atoms with Gasteiger partial charge in [0.05, 0.1) is 12.1 Å². The molecule has 2 heteroatoms. The first-order valence-corrected chi connectivity index (χ1v) is 5.17. The summed E-state index contributed by atoms with van der Waals surface area (Å²) >= 11 is 0. The molecule has 1 saturated carbocycles. The topological polar surface area (TPSA) is 47.6 Å². The summed E-state index contributed by atoms with van der Waals surface area (Å²) in [6.45, 7) is 6.54. The predicted octanol–water partition coefficient (Wildman–Crippen LogP) is 3.26. The van der Waals surface area contributed by atoms with E-state index in [2.05, 4.69) is 32.9 Å². The van der Waals surface area contributed by atoms with Gasteiger partial charge in [-0.15, -0.1) is 0 Å². The molecular formula is C12H18N2. The molecule has 0 aliphatic heterocycles. The van der Waals surface area contributed by atoms with Crippen LogP contribution in [-0.2, 0) is 0 Å². The molecule has 0 aromatic rings. The van der Waals surface area contributed by atoms with Crippen LogP contribution < -0.4 is 0 Å². The second-order valence-electron chi connectivity index (χ2n) is 5.72. The van der Waals surface area contributed by atoms with Gasteiger partial charge in [-0.2, -0.15) is 10.5 Å². The van der Waals surface area contributed by atoms with Crippen molar-refractivity contribution < 1.29 is 0 Å². The van der Waals surface area contributed by atoms with Crippen molar-refractivity contribution in [3.05, 3.63) is 0 Å². The molecule has 2 unspecified atom stereocenters. The van der Waals surface area contributed by atoms with Gasteiger partial charge in [0.25, 0.3) is 0 Å². The van der Waals surface area contributed by atoms with Gasteiger partial charge in [0.1, 0.15) is 0 Å². The van der Waals surface area contributed by atoms with Crippen molar-refractivity contribution in [2.24, 2.45) is 16.7 Å². The number of nitriles is 2. The third kappa shape index (κ3) is 2.48. The molecule has 0 saturated heterocycles. The smallest absolute Gasteiger partial charge is 0.0656 e. The molecule has 0 amide bonds. The minimum Gasteiger partial charge on any atom is -0.198 e. The van der Waals surface area contributed by atoms with Crippen LogP contribution in [0.15, 0.2) is 0 Å². The van der Waals surface area contributed by atoms with Gasteiger partial charge in [-0.25, -0.2) is 0 Å². The quantitative estimate of drug-likeness (QED) is 0.637. The lowest BCUT2D eigenvalue weighted by molar-refractivity contribution is 0.0775. The van der Waals surface area contributed by atoms with Gasteiger partial charge < -0.3 is 0 Å². The van der Waals surface area contributed by atoms with Crippen molar-refractivity contribution >= 4 is 0 Å². The number of rotatable bonds is 1. The molecule has 0 radical (unpaired) electrons. The van der Waals surface area contributed by atoms with Crippen molar-refractivity contribution in [2.45, 2.75) is 46.5 Å². The summed E-state index contributed by atoms with van der Waals surface area (Å²) in [7, 11) is 0. The average Bonchev–Trinajstić information content (AvgIpc) is 2.00. The van der Waals surface area contributed by atoms with Gasteiger partial charge in [-0.05, 0) is 30.1 Å². The van der Waals surface area contributed by atoms with E-state index in [1.54, 1.807) is 0 Å². The Morgan fingerprint density at radius 3 is 2.36 bits per heavy atom. The van der Waals surface area contributed by atoms with Gasteiger partial charge >= 0.3 is 0 Å². The van der Waals surface area contributed by atoms with Gasteiger partial charge in [0.2, 0.25) is 0 Å². The maximum absolute atomic E-state index is 8.99. The Labute approximate surface area is 86.5 Å². The average molecular weight is 190 g/mol. The van der Waals surface area contributed by atoms with Gasteiger partial charge in [0, 0.05) is 12.3 Å². The van der Waals surface area contributed by atoms with Gasteiger partial charge in [-0.3, -0.25) is 0 Å². The molecule has 0 spiro atoms. The largest absolute Gasteiger partial charge is 0.198 e. The van der Waals surface area contributed by atoms with Crippen molar-refractivity contribution in [2.75, 3.05) is 0 Å². The molecule has 0 N–H and O–H groups in total. The van der Waals surface area contributed by atoms with Crippen LogP contribution in [0.2, 0.25) is 0 Å². The summed E-state index contributed by atoms with van der Waals surface area (Å²) in [5.41, 5.74) is 0.265. The summed E-state index contributed by atoms with van der Waals surface area (Å²) in [4.78, 5) is 0. The number of hydrogen-bond acceptors (Lipinski definition) is 2. The van der Waals surface area contributed by atoms with Crippen LogP contribution in [0.25, 0.3) is 0 Å². The first-order valence-electron chi connectivity index (χ1n) is 5.17. The lowest BCUT2D eigenvalue weighted by atomic mass is 9.60. The van der Waals surface area contributed by atoms with Gasteiger partial charge in [-0.1, -0.05) is 20.8 Å². The monoisotopic (exact) mass is 190 g/mol. The van der Waals surface area contributed by atoms with E-state index in [1.807, 2.05) is 0 Å². The van der Waals surface area contributed by atoms with E-state index in [0.29, 0.717) is 6.42 Å². The molecule has 2 nitrogen and oxygen atoms in total. The second-order valence-corrected chi connectivity index (χ2v) is 5.72. The van der Waals surface area contributed by atoms with Crippen LogP contribution in [0.3, 0.4) is 0 Å². The molecule has 76 valence electrons.